The van der Waals surface area contributed by atoms with E-state index in [2.05, 4.69) is 39.2 Å². The van der Waals surface area contributed by atoms with Crippen LogP contribution >= 0.6 is 0 Å². The third kappa shape index (κ3) is 6.79. The van der Waals surface area contributed by atoms with Crippen LogP contribution < -0.4 is 15.6 Å². The molecule has 1 N–H and O–H groups in total. The smallest absolute Gasteiger partial charge is 0.407 e. The fraction of sp³-hybridized carbons (Fsp3) is 0.514. The number of esters is 3. The molecule has 5 rings (SSSR count). The Bertz CT molecular complexity index is 1940. The second-order valence-electron chi connectivity index (χ2n) is 15.2. The van der Waals surface area contributed by atoms with Crippen molar-refractivity contribution < 1.29 is 38.1 Å². The molecule has 0 radical (unpaired) electrons. The number of benzene rings is 1. The first-order valence-electron chi connectivity index (χ1n) is 17.1. The van der Waals surface area contributed by atoms with Crippen LogP contribution in [0.3, 0.4) is 0 Å². The largest absolute Gasteiger partial charge is 0.458 e. The van der Waals surface area contributed by atoms with Gasteiger partial charge in [0.1, 0.15) is 25.2 Å². The highest BCUT2D eigenvalue weighted by Gasteiger charge is 2.57. The van der Waals surface area contributed by atoms with Gasteiger partial charge in [-0.2, -0.15) is 0 Å². The summed E-state index contributed by atoms with van der Waals surface area (Å²) in [7, 11) is -2.55. The zero-order valence-electron chi connectivity index (χ0n) is 30.5. The summed E-state index contributed by atoms with van der Waals surface area (Å²) in [5, 5.41) is 3.28. The predicted octanol–water partition coefficient (Wildman–Crippen LogP) is 6.31. The number of ether oxygens (including phenoxy) is 4. The van der Waals surface area contributed by atoms with Crippen LogP contribution in [0.4, 0.5) is 4.79 Å². The van der Waals surface area contributed by atoms with E-state index in [1.54, 1.807) is 56.5 Å². The predicted molar refractivity (Wildman–Crippen MR) is 189 cm³/mol. The number of carbonyl (C=O) groups is 4. The topological polar surface area (TPSA) is 152 Å². The molecule has 4 heterocycles. The van der Waals surface area contributed by atoms with Crippen LogP contribution in [0.25, 0.3) is 22.3 Å². The Morgan fingerprint density at radius 2 is 1.82 bits per heavy atom. The molecule has 0 aliphatic carbocycles. The van der Waals surface area contributed by atoms with Crippen LogP contribution in [-0.4, -0.2) is 53.8 Å². The molecule has 3 atom stereocenters. The SMILES string of the molecule is CCC1(OC(=O)CCNC(=O)OC(C)(C)C)C(=O)OC([Si](C)(C)C(C)C(C)C)c2c1cc1n(c2=O)Cc2cc3cc(OC(C)=O)ccc3nc2-1. The lowest BCUT2D eigenvalue weighted by molar-refractivity contribution is -0.190. The van der Waals surface area contributed by atoms with Crippen molar-refractivity contribution in [1.82, 2.24) is 14.9 Å². The molecule has 0 saturated heterocycles. The molecule has 1 aromatic carbocycles. The zero-order valence-corrected chi connectivity index (χ0v) is 31.5. The van der Waals surface area contributed by atoms with Crippen LogP contribution in [0.1, 0.15) is 90.6 Å². The highest BCUT2D eigenvalue weighted by atomic mass is 28.3. The minimum Gasteiger partial charge on any atom is -0.458 e. The Kier molecular flexibility index (Phi) is 9.78. The number of nitrogens with one attached hydrogen (secondary N) is 1. The molecule has 0 spiro atoms. The lowest BCUT2D eigenvalue weighted by atomic mass is 9.85. The monoisotopic (exact) mass is 705 g/mol. The quantitative estimate of drug-likeness (QED) is 0.0908. The summed E-state index contributed by atoms with van der Waals surface area (Å²) >= 11 is 0. The number of cyclic esters (lactones) is 1. The van der Waals surface area contributed by atoms with E-state index in [9.17, 15) is 24.0 Å². The van der Waals surface area contributed by atoms with E-state index < -0.39 is 49.0 Å². The van der Waals surface area contributed by atoms with E-state index in [1.165, 1.54) is 6.92 Å². The highest BCUT2D eigenvalue weighted by Crippen LogP contribution is 2.49. The summed E-state index contributed by atoms with van der Waals surface area (Å²) in [6.45, 7) is 19.0. The number of rotatable bonds is 9. The van der Waals surface area contributed by atoms with Crippen molar-refractivity contribution in [2.75, 3.05) is 6.54 Å². The molecule has 0 bridgehead atoms. The fourth-order valence-electron chi connectivity index (χ4n) is 6.87. The number of hydrogen-bond donors (Lipinski definition) is 1. The van der Waals surface area contributed by atoms with Gasteiger partial charge in [0.2, 0.25) is 5.60 Å². The fourth-order valence-corrected chi connectivity index (χ4v) is 10.5. The number of pyridine rings is 2. The Labute approximate surface area is 292 Å². The first kappa shape index (κ1) is 36.7. The summed E-state index contributed by atoms with van der Waals surface area (Å²) in [4.78, 5) is 71.0. The van der Waals surface area contributed by atoms with Crippen molar-refractivity contribution in [1.29, 1.82) is 0 Å². The number of fused-ring (bicyclic) bond motifs is 5. The van der Waals surface area contributed by atoms with Crippen molar-refractivity contribution in [3.8, 4) is 17.1 Å². The summed E-state index contributed by atoms with van der Waals surface area (Å²) in [5.74, 6) is -1.26. The average Bonchev–Trinajstić information content (AvgIpc) is 3.37. The third-order valence-electron chi connectivity index (χ3n) is 9.92. The van der Waals surface area contributed by atoms with Gasteiger partial charge in [-0.25, -0.2) is 14.6 Å². The van der Waals surface area contributed by atoms with Gasteiger partial charge in [0.15, 0.2) is 0 Å². The van der Waals surface area contributed by atoms with Crippen LogP contribution in [0.5, 0.6) is 5.75 Å². The van der Waals surface area contributed by atoms with Gasteiger partial charge in [-0.3, -0.25) is 14.4 Å². The maximum atomic E-state index is 14.8. The van der Waals surface area contributed by atoms with Crippen molar-refractivity contribution in [2.24, 2.45) is 5.92 Å². The van der Waals surface area contributed by atoms with Gasteiger partial charge in [0, 0.05) is 30.0 Å². The Hall–Kier alpha value is -4.52. The maximum Gasteiger partial charge on any atom is 0.407 e. The number of alkyl carbamates (subject to hydrolysis) is 1. The maximum absolute atomic E-state index is 14.8. The van der Waals surface area contributed by atoms with Crippen LogP contribution in [0.15, 0.2) is 35.1 Å². The molecule has 0 fully saturated rings. The van der Waals surface area contributed by atoms with Gasteiger partial charge in [-0.1, -0.05) is 40.8 Å². The van der Waals surface area contributed by atoms with Crippen LogP contribution in [-0.2, 0) is 40.7 Å². The number of nitrogens with zero attached hydrogens (tertiary/aromatic N) is 2. The molecule has 12 nitrogen and oxygen atoms in total. The summed E-state index contributed by atoms with van der Waals surface area (Å²) in [6, 6.07) is 8.80. The van der Waals surface area contributed by atoms with E-state index in [0.29, 0.717) is 33.8 Å². The summed E-state index contributed by atoms with van der Waals surface area (Å²) in [5.41, 5.74) is -0.454. The van der Waals surface area contributed by atoms with E-state index in [0.717, 1.165) is 10.9 Å². The molecular weight excluding hydrogens is 659 g/mol. The Morgan fingerprint density at radius 1 is 1.12 bits per heavy atom. The minimum absolute atomic E-state index is 0.0122. The second kappa shape index (κ2) is 13.3. The van der Waals surface area contributed by atoms with E-state index >= 15 is 0 Å². The lowest BCUT2D eigenvalue weighted by Gasteiger charge is -2.45. The third-order valence-corrected chi connectivity index (χ3v) is 14.7. The van der Waals surface area contributed by atoms with E-state index in [-0.39, 0.29) is 42.9 Å². The Balaban J connectivity index is 1.62. The lowest BCUT2D eigenvalue weighted by Crippen LogP contribution is -2.55. The number of hydrogen-bond acceptors (Lipinski definition) is 10. The van der Waals surface area contributed by atoms with Crippen molar-refractivity contribution in [3.63, 3.8) is 0 Å². The molecule has 50 heavy (non-hydrogen) atoms. The van der Waals surface area contributed by atoms with Gasteiger partial charge in [0.05, 0.1) is 35.4 Å². The van der Waals surface area contributed by atoms with Gasteiger partial charge < -0.3 is 28.8 Å². The molecule has 2 aromatic heterocycles. The zero-order chi connectivity index (χ0) is 36.9. The molecule has 1 amide bonds. The highest BCUT2D eigenvalue weighted by molar-refractivity contribution is 6.80. The first-order valence-corrected chi connectivity index (χ1v) is 20.2. The molecule has 3 aromatic rings. The number of aromatic nitrogens is 2. The van der Waals surface area contributed by atoms with Crippen LogP contribution in [0.2, 0.25) is 18.6 Å². The normalized spacial score (nSPS) is 18.9. The number of carbonyl (C=O) groups excluding carboxylic acids is 4. The van der Waals surface area contributed by atoms with Crippen molar-refractivity contribution in [2.45, 2.75) is 110 Å². The number of amides is 1. The second-order valence-corrected chi connectivity index (χ2v) is 20.2. The van der Waals surface area contributed by atoms with Gasteiger partial charge in [0.25, 0.3) is 5.56 Å². The van der Waals surface area contributed by atoms with E-state index in [4.69, 9.17) is 23.9 Å². The standard InChI is InChI=1S/C37H47N3O9Si/c1-11-37(48-29(42)14-15-38-35(45)49-36(6,7)8)26-18-28-31-24(16-23-17-25(46-22(5)41)12-13-27(23)39-31)19-40(28)32(43)30(26)33(47-34(37)44)50(9,10)21(4)20(2)3/h12-13,16-18,20-21,33H,11,14-15,19H2,1-10H3,(H,38,45). The minimum atomic E-state index is -2.55. The molecule has 13 heteroatoms. The van der Waals surface area contributed by atoms with E-state index in [1.807, 2.05) is 6.07 Å². The van der Waals surface area contributed by atoms with Gasteiger partial charge in [-0.15, -0.1) is 0 Å². The summed E-state index contributed by atoms with van der Waals surface area (Å²) in [6.07, 6.45) is -0.914. The van der Waals surface area contributed by atoms with Gasteiger partial charge in [-0.05, 0) is 69.0 Å². The van der Waals surface area contributed by atoms with Crippen LogP contribution in [0, 0.1) is 5.92 Å². The molecular formula is C37H47N3O9Si. The Morgan fingerprint density at radius 3 is 2.44 bits per heavy atom. The first-order chi connectivity index (χ1) is 23.3. The summed E-state index contributed by atoms with van der Waals surface area (Å²) < 4.78 is 24.5. The van der Waals surface area contributed by atoms with Crippen molar-refractivity contribution >= 4 is 43.0 Å². The average molecular weight is 706 g/mol. The molecule has 0 saturated carbocycles. The molecule has 2 aliphatic heterocycles. The van der Waals surface area contributed by atoms with Gasteiger partial charge >= 0.3 is 24.0 Å². The molecule has 2 aliphatic rings. The molecule has 268 valence electrons. The van der Waals surface area contributed by atoms with Crippen molar-refractivity contribution in [3.05, 3.63) is 57.4 Å². The molecule has 3 unspecified atom stereocenters.